The summed E-state index contributed by atoms with van der Waals surface area (Å²) in [6.45, 7) is 4.04. The molecule has 0 bridgehead atoms. The summed E-state index contributed by atoms with van der Waals surface area (Å²) in [7, 11) is -2.89. The lowest BCUT2D eigenvalue weighted by atomic mass is 10.2. The molecule has 6 heteroatoms. The van der Waals surface area contributed by atoms with Gasteiger partial charge in [-0.25, -0.2) is 13.1 Å². The molecule has 0 spiro atoms. The first-order chi connectivity index (χ1) is 7.94. The van der Waals surface area contributed by atoms with Crippen molar-refractivity contribution in [3.05, 3.63) is 11.3 Å². The Bertz CT molecular complexity index is 519. The van der Waals surface area contributed by atoms with Crippen molar-refractivity contribution >= 4 is 15.7 Å². The van der Waals surface area contributed by atoms with Crippen molar-refractivity contribution in [3.8, 4) is 0 Å². The third-order valence-corrected chi connectivity index (χ3v) is 5.08. The van der Waals surface area contributed by atoms with Crippen molar-refractivity contribution in [2.75, 3.05) is 17.2 Å². The summed E-state index contributed by atoms with van der Waals surface area (Å²) in [5.41, 5.74) is 8.00. The van der Waals surface area contributed by atoms with Gasteiger partial charge in [-0.15, -0.1) is 0 Å². The van der Waals surface area contributed by atoms with E-state index < -0.39 is 9.84 Å². The number of rotatable bonds is 3. The number of aromatic nitrogens is 2. The van der Waals surface area contributed by atoms with Crippen molar-refractivity contribution < 1.29 is 8.42 Å². The molecule has 0 amide bonds. The van der Waals surface area contributed by atoms with Crippen LogP contribution in [0.5, 0.6) is 0 Å². The number of sulfone groups is 1. The van der Waals surface area contributed by atoms with E-state index in [4.69, 9.17) is 5.73 Å². The van der Waals surface area contributed by atoms with E-state index in [9.17, 15) is 8.42 Å². The Balaban J connectivity index is 2.31. The Hall–Kier alpha value is -1.04. The van der Waals surface area contributed by atoms with Crippen LogP contribution in [0, 0.1) is 6.92 Å². The lowest BCUT2D eigenvalue weighted by Crippen LogP contribution is -2.15. The second-order valence-electron chi connectivity index (χ2n) is 4.71. The van der Waals surface area contributed by atoms with Crippen LogP contribution in [0.3, 0.4) is 0 Å². The van der Waals surface area contributed by atoms with Crippen molar-refractivity contribution in [3.63, 3.8) is 0 Å². The summed E-state index contributed by atoms with van der Waals surface area (Å²) in [4.78, 5) is 0. The zero-order valence-corrected chi connectivity index (χ0v) is 11.1. The number of nitrogens with zero attached hydrogens (tertiary/aromatic N) is 2. The largest absolute Gasteiger partial charge is 0.384 e. The number of aryl methyl sites for hydroxylation is 1. The monoisotopic (exact) mass is 257 g/mol. The molecule has 0 saturated carbocycles. The molecule has 0 aliphatic carbocycles. The molecule has 1 atom stereocenters. The first kappa shape index (κ1) is 12.4. The van der Waals surface area contributed by atoms with E-state index in [1.165, 1.54) is 0 Å². The van der Waals surface area contributed by atoms with Gasteiger partial charge in [0, 0.05) is 5.56 Å². The SMILES string of the molecule is CCCc1nn(C2CCS(=O)(=O)C2)c(N)c1C. The molecule has 2 rings (SSSR count). The van der Waals surface area contributed by atoms with Crippen molar-refractivity contribution in [2.24, 2.45) is 0 Å². The Morgan fingerprint density at radius 3 is 2.76 bits per heavy atom. The van der Waals surface area contributed by atoms with Crippen molar-refractivity contribution in [1.29, 1.82) is 0 Å². The highest BCUT2D eigenvalue weighted by atomic mass is 32.2. The van der Waals surface area contributed by atoms with Crippen LogP contribution in [-0.2, 0) is 16.3 Å². The van der Waals surface area contributed by atoms with Gasteiger partial charge in [0.15, 0.2) is 9.84 Å². The maximum Gasteiger partial charge on any atom is 0.152 e. The standard InChI is InChI=1S/C11H19N3O2S/c1-3-4-10-8(2)11(12)14(13-10)9-5-6-17(15,16)7-9/h9H,3-7,12H2,1-2H3. The molecular formula is C11H19N3O2S. The molecule has 2 N–H and O–H groups in total. The first-order valence-electron chi connectivity index (χ1n) is 5.98. The fourth-order valence-corrected chi connectivity index (χ4v) is 3.99. The molecule has 1 aromatic heterocycles. The molecule has 1 aromatic rings. The first-order valence-corrected chi connectivity index (χ1v) is 7.80. The van der Waals surface area contributed by atoms with Gasteiger partial charge < -0.3 is 5.73 Å². The van der Waals surface area contributed by atoms with E-state index in [1.54, 1.807) is 4.68 Å². The number of hydrogen-bond donors (Lipinski definition) is 1. The lowest BCUT2D eigenvalue weighted by Gasteiger charge is -2.10. The molecule has 1 aliphatic rings. The van der Waals surface area contributed by atoms with E-state index in [2.05, 4.69) is 12.0 Å². The summed E-state index contributed by atoms with van der Waals surface area (Å²) >= 11 is 0. The van der Waals surface area contributed by atoms with Gasteiger partial charge in [0.05, 0.1) is 23.2 Å². The maximum atomic E-state index is 11.5. The molecule has 96 valence electrons. The third kappa shape index (κ3) is 2.31. The van der Waals surface area contributed by atoms with Crippen LogP contribution < -0.4 is 5.73 Å². The normalized spacial score (nSPS) is 23.1. The number of nitrogen functional groups attached to an aromatic ring is 1. The van der Waals surface area contributed by atoms with Crippen LogP contribution in [0.4, 0.5) is 5.82 Å². The highest BCUT2D eigenvalue weighted by molar-refractivity contribution is 7.91. The molecule has 1 unspecified atom stereocenters. The summed E-state index contributed by atoms with van der Waals surface area (Å²) in [6, 6.07) is -0.0793. The van der Waals surface area contributed by atoms with Crippen molar-refractivity contribution in [1.82, 2.24) is 9.78 Å². The molecule has 1 fully saturated rings. The molecular weight excluding hydrogens is 238 g/mol. The third-order valence-electron chi connectivity index (χ3n) is 3.33. The molecule has 5 nitrogen and oxygen atoms in total. The van der Waals surface area contributed by atoms with Crippen molar-refractivity contribution in [2.45, 2.75) is 39.2 Å². The van der Waals surface area contributed by atoms with Crippen LogP contribution >= 0.6 is 0 Å². The highest BCUT2D eigenvalue weighted by Crippen LogP contribution is 2.28. The fourth-order valence-electron chi connectivity index (χ4n) is 2.30. The quantitative estimate of drug-likeness (QED) is 0.879. The lowest BCUT2D eigenvalue weighted by molar-refractivity contribution is 0.501. The average molecular weight is 257 g/mol. The van der Waals surface area contributed by atoms with Gasteiger partial charge in [0.1, 0.15) is 5.82 Å². The van der Waals surface area contributed by atoms with E-state index >= 15 is 0 Å². The Morgan fingerprint density at radius 1 is 1.53 bits per heavy atom. The van der Waals surface area contributed by atoms with Crippen LogP contribution in [0.2, 0.25) is 0 Å². The van der Waals surface area contributed by atoms with Crippen LogP contribution in [0.1, 0.15) is 37.1 Å². The minimum Gasteiger partial charge on any atom is -0.384 e. The molecule has 0 aromatic carbocycles. The molecule has 1 aliphatic heterocycles. The summed E-state index contributed by atoms with van der Waals surface area (Å²) in [5.74, 6) is 1.04. The van der Waals surface area contributed by atoms with Crippen LogP contribution in [0.15, 0.2) is 0 Å². The van der Waals surface area contributed by atoms with Gasteiger partial charge in [-0.3, -0.25) is 0 Å². The molecule has 17 heavy (non-hydrogen) atoms. The molecule has 0 radical (unpaired) electrons. The van der Waals surface area contributed by atoms with Crippen LogP contribution in [0.25, 0.3) is 0 Å². The van der Waals surface area contributed by atoms with Gasteiger partial charge in [-0.2, -0.15) is 5.10 Å². The Labute approximate surface area is 102 Å². The number of nitrogens with two attached hydrogens (primary N) is 1. The minimum absolute atomic E-state index is 0.0793. The van der Waals surface area contributed by atoms with Gasteiger partial charge >= 0.3 is 0 Å². The highest BCUT2D eigenvalue weighted by Gasteiger charge is 2.31. The smallest absolute Gasteiger partial charge is 0.152 e. The zero-order valence-electron chi connectivity index (χ0n) is 10.3. The van der Waals surface area contributed by atoms with E-state index in [-0.39, 0.29) is 17.5 Å². The van der Waals surface area contributed by atoms with Gasteiger partial charge in [0.25, 0.3) is 0 Å². The summed E-state index contributed by atoms with van der Waals surface area (Å²) < 4.78 is 24.6. The van der Waals surface area contributed by atoms with E-state index in [0.29, 0.717) is 12.2 Å². The van der Waals surface area contributed by atoms with E-state index in [1.807, 2.05) is 6.92 Å². The second kappa shape index (κ2) is 4.33. The average Bonchev–Trinajstić information content (AvgIpc) is 2.74. The molecule has 1 saturated heterocycles. The Morgan fingerprint density at radius 2 is 2.24 bits per heavy atom. The van der Waals surface area contributed by atoms with E-state index in [0.717, 1.165) is 24.1 Å². The fraction of sp³-hybridized carbons (Fsp3) is 0.727. The Kier molecular flexibility index (Phi) is 3.16. The van der Waals surface area contributed by atoms with Gasteiger partial charge in [0.2, 0.25) is 0 Å². The molecule has 2 heterocycles. The number of anilines is 1. The number of hydrogen-bond acceptors (Lipinski definition) is 4. The summed E-state index contributed by atoms with van der Waals surface area (Å²) in [6.07, 6.45) is 2.53. The second-order valence-corrected chi connectivity index (χ2v) is 6.94. The van der Waals surface area contributed by atoms with Gasteiger partial charge in [-0.05, 0) is 19.8 Å². The predicted molar refractivity (Wildman–Crippen MR) is 67.7 cm³/mol. The predicted octanol–water partition coefficient (Wildman–Crippen LogP) is 1.09. The topological polar surface area (TPSA) is 78.0 Å². The van der Waals surface area contributed by atoms with Gasteiger partial charge in [-0.1, -0.05) is 13.3 Å². The zero-order chi connectivity index (χ0) is 12.6. The maximum absolute atomic E-state index is 11.5. The minimum atomic E-state index is -2.89. The van der Waals surface area contributed by atoms with Crippen LogP contribution in [-0.4, -0.2) is 29.7 Å². The summed E-state index contributed by atoms with van der Waals surface area (Å²) in [5, 5.41) is 4.47.